The highest BCUT2D eigenvalue weighted by atomic mass is 79.9. The third-order valence-electron chi connectivity index (χ3n) is 6.64. The van der Waals surface area contributed by atoms with Crippen LogP contribution in [0.5, 0.6) is 5.75 Å². The van der Waals surface area contributed by atoms with Gasteiger partial charge in [0.1, 0.15) is 11.8 Å². The summed E-state index contributed by atoms with van der Waals surface area (Å²) in [6.45, 7) is 0.148. The smallest absolute Gasteiger partial charge is 0.261 e. The van der Waals surface area contributed by atoms with Gasteiger partial charge in [-0.15, -0.1) is 0 Å². The van der Waals surface area contributed by atoms with E-state index in [1.165, 1.54) is 6.42 Å². The summed E-state index contributed by atoms with van der Waals surface area (Å²) in [6.07, 6.45) is 5.84. The van der Waals surface area contributed by atoms with Crippen molar-refractivity contribution in [3.8, 4) is 5.75 Å². The first-order valence-corrected chi connectivity index (χ1v) is 14.3. The van der Waals surface area contributed by atoms with Gasteiger partial charge < -0.3 is 15.0 Å². The SMILES string of the molecule is O=C(NC1CCCCC1)[C@H](Cc1ccccc1)N(Cc1cccc(Br)c1)C(=O)COc1ccc(Br)cc1. The van der Waals surface area contributed by atoms with Gasteiger partial charge in [0.05, 0.1) is 0 Å². The molecule has 1 fully saturated rings. The van der Waals surface area contributed by atoms with Crippen LogP contribution in [0, 0.1) is 0 Å². The van der Waals surface area contributed by atoms with Crippen LogP contribution >= 0.6 is 31.9 Å². The van der Waals surface area contributed by atoms with Crippen molar-refractivity contribution in [1.29, 1.82) is 0 Å². The van der Waals surface area contributed by atoms with Crippen molar-refractivity contribution < 1.29 is 14.3 Å². The maximum atomic E-state index is 13.8. The molecule has 0 saturated heterocycles. The van der Waals surface area contributed by atoms with E-state index in [9.17, 15) is 9.59 Å². The summed E-state index contributed by atoms with van der Waals surface area (Å²) in [5.41, 5.74) is 1.95. The quantitative estimate of drug-likeness (QED) is 0.273. The lowest BCUT2D eigenvalue weighted by Crippen LogP contribution is -2.53. The predicted octanol–water partition coefficient (Wildman–Crippen LogP) is 6.68. The van der Waals surface area contributed by atoms with Gasteiger partial charge in [-0.25, -0.2) is 0 Å². The number of hydrogen-bond acceptors (Lipinski definition) is 3. The lowest BCUT2D eigenvalue weighted by atomic mass is 9.94. The number of nitrogens with one attached hydrogen (secondary N) is 1. The fourth-order valence-corrected chi connectivity index (χ4v) is 5.40. The molecule has 3 aromatic carbocycles. The Balaban J connectivity index is 1.60. The van der Waals surface area contributed by atoms with E-state index in [1.807, 2.05) is 78.9 Å². The maximum absolute atomic E-state index is 13.8. The first-order chi connectivity index (χ1) is 18.0. The van der Waals surface area contributed by atoms with Crippen LogP contribution in [-0.2, 0) is 22.6 Å². The largest absolute Gasteiger partial charge is 0.484 e. The number of ether oxygens (including phenoxy) is 1. The van der Waals surface area contributed by atoms with Crippen molar-refractivity contribution in [2.24, 2.45) is 0 Å². The molecule has 7 heteroatoms. The molecule has 194 valence electrons. The second kappa shape index (κ2) is 13.8. The van der Waals surface area contributed by atoms with Crippen molar-refractivity contribution >= 4 is 43.7 Å². The van der Waals surface area contributed by atoms with E-state index in [1.54, 1.807) is 4.90 Å². The Morgan fingerprint density at radius 3 is 2.27 bits per heavy atom. The van der Waals surface area contributed by atoms with Crippen molar-refractivity contribution in [2.75, 3.05) is 6.61 Å². The molecular weight excluding hydrogens is 596 g/mol. The summed E-state index contributed by atoms with van der Waals surface area (Å²) in [4.78, 5) is 29.1. The van der Waals surface area contributed by atoms with Gasteiger partial charge in [-0.1, -0.05) is 93.6 Å². The van der Waals surface area contributed by atoms with Crippen molar-refractivity contribution in [3.63, 3.8) is 0 Å². The average molecular weight is 628 g/mol. The third-order valence-corrected chi connectivity index (χ3v) is 7.66. The highest BCUT2D eigenvalue weighted by Gasteiger charge is 2.32. The molecule has 1 N–H and O–H groups in total. The number of hydrogen-bond donors (Lipinski definition) is 1. The molecule has 5 nitrogen and oxygen atoms in total. The molecule has 2 amide bonds. The van der Waals surface area contributed by atoms with Gasteiger partial charge in [-0.3, -0.25) is 9.59 Å². The van der Waals surface area contributed by atoms with Gasteiger partial charge in [-0.2, -0.15) is 0 Å². The van der Waals surface area contributed by atoms with E-state index >= 15 is 0 Å². The Kier molecular flexibility index (Phi) is 10.2. The number of halogens is 2. The molecule has 4 rings (SSSR count). The number of carbonyl (C=O) groups excluding carboxylic acids is 2. The van der Waals surface area contributed by atoms with Crippen molar-refractivity contribution in [2.45, 2.75) is 57.2 Å². The number of carbonyl (C=O) groups is 2. The van der Waals surface area contributed by atoms with Crippen LogP contribution in [0.1, 0.15) is 43.2 Å². The Morgan fingerprint density at radius 1 is 0.865 bits per heavy atom. The molecule has 0 heterocycles. The lowest BCUT2D eigenvalue weighted by Gasteiger charge is -2.33. The number of rotatable bonds is 10. The van der Waals surface area contributed by atoms with Crippen LogP contribution in [0.3, 0.4) is 0 Å². The van der Waals surface area contributed by atoms with Gasteiger partial charge in [-0.05, 0) is 60.4 Å². The minimum absolute atomic E-state index is 0.109. The van der Waals surface area contributed by atoms with E-state index in [4.69, 9.17) is 4.74 Å². The summed E-state index contributed by atoms with van der Waals surface area (Å²) in [6, 6.07) is 24.6. The molecule has 0 bridgehead atoms. The average Bonchev–Trinajstić information content (AvgIpc) is 2.91. The zero-order valence-corrected chi connectivity index (χ0v) is 23.9. The third kappa shape index (κ3) is 8.44. The van der Waals surface area contributed by atoms with Crippen LogP contribution in [0.2, 0.25) is 0 Å². The zero-order chi connectivity index (χ0) is 26.0. The standard InChI is InChI=1S/C30H32Br2N2O3/c31-24-14-16-27(17-15-24)37-21-29(35)34(20-23-10-7-11-25(32)18-23)28(19-22-8-3-1-4-9-22)30(36)33-26-12-5-2-6-13-26/h1,3-4,7-11,14-18,26,28H,2,5-6,12-13,19-21H2,(H,33,36)/t28-/m0/s1. The van der Waals surface area contributed by atoms with E-state index < -0.39 is 6.04 Å². The summed E-state index contributed by atoms with van der Waals surface area (Å²) in [7, 11) is 0. The van der Waals surface area contributed by atoms with Gasteiger partial charge in [0, 0.05) is 28.0 Å². The molecule has 0 aliphatic heterocycles. The van der Waals surface area contributed by atoms with E-state index in [0.29, 0.717) is 18.7 Å². The van der Waals surface area contributed by atoms with Crippen molar-refractivity contribution in [1.82, 2.24) is 10.2 Å². The highest BCUT2D eigenvalue weighted by Crippen LogP contribution is 2.21. The monoisotopic (exact) mass is 626 g/mol. The van der Waals surface area contributed by atoms with Gasteiger partial charge >= 0.3 is 0 Å². The fourth-order valence-electron chi connectivity index (χ4n) is 4.69. The molecule has 0 unspecified atom stereocenters. The molecule has 0 radical (unpaired) electrons. The lowest BCUT2D eigenvalue weighted by molar-refractivity contribution is -0.143. The molecule has 3 aromatic rings. The van der Waals surface area contributed by atoms with Crippen LogP contribution < -0.4 is 10.1 Å². The van der Waals surface area contributed by atoms with E-state index in [2.05, 4.69) is 37.2 Å². The predicted molar refractivity (Wildman–Crippen MR) is 153 cm³/mol. The number of amides is 2. The Bertz CT molecular complexity index is 1160. The molecule has 0 aromatic heterocycles. The first-order valence-electron chi connectivity index (χ1n) is 12.7. The van der Waals surface area contributed by atoms with Gasteiger partial charge in [0.25, 0.3) is 5.91 Å². The summed E-state index contributed by atoms with van der Waals surface area (Å²) >= 11 is 6.95. The first kappa shape index (κ1) is 27.4. The van der Waals surface area contributed by atoms with E-state index in [0.717, 1.165) is 45.8 Å². The minimum atomic E-state index is -0.663. The maximum Gasteiger partial charge on any atom is 0.261 e. The Morgan fingerprint density at radius 2 is 1.57 bits per heavy atom. The second-order valence-corrected chi connectivity index (χ2v) is 11.3. The fraction of sp³-hybridized carbons (Fsp3) is 0.333. The normalized spacial score (nSPS) is 14.5. The topological polar surface area (TPSA) is 58.6 Å². The highest BCUT2D eigenvalue weighted by molar-refractivity contribution is 9.10. The Labute approximate surface area is 235 Å². The minimum Gasteiger partial charge on any atom is -0.484 e. The number of benzene rings is 3. The van der Waals surface area contributed by atoms with Crippen LogP contribution in [-0.4, -0.2) is 35.4 Å². The molecule has 1 atom stereocenters. The van der Waals surface area contributed by atoms with E-state index in [-0.39, 0.29) is 24.5 Å². The van der Waals surface area contributed by atoms with Crippen LogP contribution in [0.15, 0.2) is 87.8 Å². The molecule has 1 saturated carbocycles. The Hall–Kier alpha value is -2.64. The van der Waals surface area contributed by atoms with Gasteiger partial charge in [0.2, 0.25) is 5.91 Å². The zero-order valence-electron chi connectivity index (χ0n) is 20.7. The van der Waals surface area contributed by atoms with Crippen LogP contribution in [0.4, 0.5) is 0 Å². The molecular formula is C30H32Br2N2O3. The molecule has 37 heavy (non-hydrogen) atoms. The second-order valence-electron chi connectivity index (χ2n) is 9.44. The molecule has 0 spiro atoms. The summed E-state index contributed by atoms with van der Waals surface area (Å²) in [5.74, 6) is 0.260. The summed E-state index contributed by atoms with van der Waals surface area (Å²) < 4.78 is 7.70. The van der Waals surface area contributed by atoms with Crippen molar-refractivity contribution in [3.05, 3.63) is 98.9 Å². The van der Waals surface area contributed by atoms with Crippen LogP contribution in [0.25, 0.3) is 0 Å². The molecule has 1 aliphatic rings. The van der Waals surface area contributed by atoms with Gasteiger partial charge in [0.15, 0.2) is 6.61 Å². The molecule has 1 aliphatic carbocycles. The summed E-state index contributed by atoms with van der Waals surface area (Å²) in [5, 5.41) is 3.26. The number of nitrogens with zero attached hydrogens (tertiary/aromatic N) is 1.